The zero-order chi connectivity index (χ0) is 17.2. The van der Waals surface area contributed by atoms with Gasteiger partial charge >= 0.3 is 0 Å². The van der Waals surface area contributed by atoms with Crippen LogP contribution in [0.5, 0.6) is 0 Å². The molecule has 0 unspecified atom stereocenters. The van der Waals surface area contributed by atoms with E-state index in [0.29, 0.717) is 5.92 Å². The first-order valence-corrected chi connectivity index (χ1v) is 9.96. The van der Waals surface area contributed by atoms with Crippen LogP contribution in [0.3, 0.4) is 0 Å². The highest BCUT2D eigenvalue weighted by atomic mass is 35.5. The number of aromatic nitrogens is 2. The van der Waals surface area contributed by atoms with Crippen molar-refractivity contribution in [2.45, 2.75) is 57.5 Å². The maximum atomic E-state index is 6.32. The first kappa shape index (κ1) is 17.3. The summed E-state index contributed by atoms with van der Waals surface area (Å²) in [6.45, 7) is 2.61. The maximum absolute atomic E-state index is 6.32. The van der Waals surface area contributed by atoms with E-state index in [1.807, 2.05) is 24.4 Å². The minimum atomic E-state index is 0.569. The number of hydrogen-bond acceptors (Lipinski definition) is 3. The zero-order valence-electron chi connectivity index (χ0n) is 14.3. The van der Waals surface area contributed by atoms with Gasteiger partial charge in [0.2, 0.25) is 0 Å². The summed E-state index contributed by atoms with van der Waals surface area (Å²) in [7, 11) is 0. The van der Waals surface area contributed by atoms with Crippen molar-refractivity contribution in [3.8, 4) is 0 Å². The smallest absolute Gasteiger partial charge is 0.131 e. The van der Waals surface area contributed by atoms with Crippen molar-refractivity contribution in [3.63, 3.8) is 0 Å². The van der Waals surface area contributed by atoms with Crippen LogP contribution in [0, 0.1) is 0 Å². The van der Waals surface area contributed by atoms with Gasteiger partial charge in [0, 0.05) is 65.0 Å². The SMILES string of the molecule is Clc1cccc(Cl)c1CN1CCc2nc(C3CCCCC3)ncc2C1. The molecule has 2 heterocycles. The molecule has 2 aliphatic rings. The number of nitrogens with zero attached hydrogens (tertiary/aromatic N) is 3. The lowest BCUT2D eigenvalue weighted by Crippen LogP contribution is -2.31. The lowest BCUT2D eigenvalue weighted by Gasteiger charge is -2.29. The van der Waals surface area contributed by atoms with Gasteiger partial charge in [0.05, 0.1) is 0 Å². The molecule has 0 saturated heterocycles. The first-order chi connectivity index (χ1) is 12.2. The highest BCUT2D eigenvalue weighted by molar-refractivity contribution is 6.35. The Balaban J connectivity index is 1.48. The van der Waals surface area contributed by atoms with E-state index in [1.54, 1.807) is 0 Å². The van der Waals surface area contributed by atoms with Gasteiger partial charge in [-0.1, -0.05) is 48.5 Å². The van der Waals surface area contributed by atoms with E-state index < -0.39 is 0 Å². The molecular weight excluding hydrogens is 353 g/mol. The Hall–Kier alpha value is -1.16. The van der Waals surface area contributed by atoms with E-state index in [4.69, 9.17) is 33.2 Å². The zero-order valence-corrected chi connectivity index (χ0v) is 15.9. The summed E-state index contributed by atoms with van der Waals surface area (Å²) < 4.78 is 0. The van der Waals surface area contributed by atoms with Crippen molar-refractivity contribution in [1.29, 1.82) is 0 Å². The first-order valence-electron chi connectivity index (χ1n) is 9.20. The molecular formula is C20H23Cl2N3. The second-order valence-electron chi connectivity index (χ2n) is 7.20. The summed E-state index contributed by atoms with van der Waals surface area (Å²) in [6, 6.07) is 5.70. The number of fused-ring (bicyclic) bond motifs is 1. The van der Waals surface area contributed by atoms with Crippen LogP contribution in [0.1, 0.15) is 60.7 Å². The van der Waals surface area contributed by atoms with Gasteiger partial charge in [-0.3, -0.25) is 4.90 Å². The van der Waals surface area contributed by atoms with Crippen molar-refractivity contribution in [2.75, 3.05) is 6.54 Å². The van der Waals surface area contributed by atoms with E-state index in [0.717, 1.165) is 47.5 Å². The quantitative estimate of drug-likeness (QED) is 0.719. The van der Waals surface area contributed by atoms with Crippen LogP contribution in [-0.4, -0.2) is 21.4 Å². The van der Waals surface area contributed by atoms with E-state index in [9.17, 15) is 0 Å². The maximum Gasteiger partial charge on any atom is 0.131 e. The van der Waals surface area contributed by atoms with Crippen molar-refractivity contribution >= 4 is 23.2 Å². The molecule has 25 heavy (non-hydrogen) atoms. The molecule has 1 aromatic heterocycles. The van der Waals surface area contributed by atoms with Gasteiger partial charge in [0.25, 0.3) is 0 Å². The highest BCUT2D eigenvalue weighted by Gasteiger charge is 2.23. The third-order valence-corrected chi connectivity index (χ3v) is 6.15. The second-order valence-corrected chi connectivity index (χ2v) is 8.01. The Morgan fingerprint density at radius 3 is 2.60 bits per heavy atom. The van der Waals surface area contributed by atoms with Crippen molar-refractivity contribution in [2.24, 2.45) is 0 Å². The Morgan fingerprint density at radius 1 is 1.08 bits per heavy atom. The molecule has 0 radical (unpaired) electrons. The van der Waals surface area contributed by atoms with E-state index in [2.05, 4.69) is 4.90 Å². The molecule has 1 fully saturated rings. The van der Waals surface area contributed by atoms with Crippen molar-refractivity contribution in [3.05, 3.63) is 57.1 Å². The average molecular weight is 376 g/mol. The Bertz CT molecular complexity index is 736. The molecule has 0 bridgehead atoms. The summed E-state index contributed by atoms with van der Waals surface area (Å²) in [5, 5.41) is 1.48. The standard InChI is InChI=1S/C20H23Cl2N3/c21-17-7-4-8-18(22)16(17)13-25-10-9-19-15(12-25)11-23-20(24-19)14-5-2-1-3-6-14/h4,7-8,11,14H,1-3,5-6,9-10,12-13H2. The van der Waals surface area contributed by atoms with Crippen LogP contribution in [0.4, 0.5) is 0 Å². The van der Waals surface area contributed by atoms with Gasteiger partial charge in [-0.2, -0.15) is 0 Å². The Kier molecular flexibility index (Phi) is 5.25. The van der Waals surface area contributed by atoms with E-state index in [1.165, 1.54) is 43.4 Å². The molecule has 1 aromatic carbocycles. The predicted molar refractivity (Wildman–Crippen MR) is 102 cm³/mol. The third kappa shape index (κ3) is 3.84. The summed E-state index contributed by atoms with van der Waals surface area (Å²) in [6.07, 6.45) is 9.51. The van der Waals surface area contributed by atoms with Crippen LogP contribution in [0.15, 0.2) is 24.4 Å². The summed E-state index contributed by atoms with van der Waals surface area (Å²) in [4.78, 5) is 12.0. The molecule has 0 amide bonds. The summed E-state index contributed by atoms with van der Waals surface area (Å²) in [5.41, 5.74) is 3.49. The lowest BCUT2D eigenvalue weighted by molar-refractivity contribution is 0.242. The van der Waals surface area contributed by atoms with Gasteiger partial charge in [-0.25, -0.2) is 9.97 Å². The van der Waals surface area contributed by atoms with Crippen LogP contribution in [-0.2, 0) is 19.5 Å². The summed E-state index contributed by atoms with van der Waals surface area (Å²) in [5.74, 6) is 1.64. The number of hydrogen-bond donors (Lipinski definition) is 0. The Morgan fingerprint density at radius 2 is 1.84 bits per heavy atom. The molecule has 1 aliphatic heterocycles. The number of rotatable bonds is 3. The fourth-order valence-corrected chi connectivity index (χ4v) is 4.51. The van der Waals surface area contributed by atoms with Gasteiger partial charge in [0.1, 0.15) is 5.82 Å². The van der Waals surface area contributed by atoms with Crippen molar-refractivity contribution in [1.82, 2.24) is 14.9 Å². The molecule has 0 spiro atoms. The van der Waals surface area contributed by atoms with Gasteiger partial charge in [-0.15, -0.1) is 0 Å². The molecule has 132 valence electrons. The predicted octanol–water partition coefficient (Wildman–Crippen LogP) is 5.39. The number of benzene rings is 1. The van der Waals surface area contributed by atoms with Gasteiger partial charge in [0.15, 0.2) is 0 Å². The minimum Gasteiger partial charge on any atom is -0.294 e. The monoisotopic (exact) mass is 375 g/mol. The highest BCUT2D eigenvalue weighted by Crippen LogP contribution is 2.32. The summed E-state index contributed by atoms with van der Waals surface area (Å²) >= 11 is 12.6. The molecule has 2 aromatic rings. The molecule has 4 rings (SSSR count). The van der Waals surface area contributed by atoms with Crippen LogP contribution in [0.2, 0.25) is 10.0 Å². The van der Waals surface area contributed by atoms with E-state index >= 15 is 0 Å². The van der Waals surface area contributed by atoms with Gasteiger partial charge < -0.3 is 0 Å². The second kappa shape index (κ2) is 7.61. The molecule has 1 aliphatic carbocycles. The van der Waals surface area contributed by atoms with E-state index in [-0.39, 0.29) is 0 Å². The molecule has 0 atom stereocenters. The van der Waals surface area contributed by atoms with Crippen LogP contribution in [0.25, 0.3) is 0 Å². The largest absolute Gasteiger partial charge is 0.294 e. The van der Waals surface area contributed by atoms with Crippen molar-refractivity contribution < 1.29 is 0 Å². The molecule has 5 heteroatoms. The van der Waals surface area contributed by atoms with Gasteiger partial charge in [-0.05, 0) is 25.0 Å². The normalized spacial score (nSPS) is 19.0. The third-order valence-electron chi connectivity index (χ3n) is 5.45. The Labute approximate surface area is 159 Å². The molecule has 3 nitrogen and oxygen atoms in total. The minimum absolute atomic E-state index is 0.569. The fraction of sp³-hybridized carbons (Fsp3) is 0.500. The average Bonchev–Trinajstić information content (AvgIpc) is 2.65. The fourth-order valence-electron chi connectivity index (χ4n) is 3.99. The number of halogens is 2. The molecule has 0 N–H and O–H groups in total. The topological polar surface area (TPSA) is 29.0 Å². The van der Waals surface area contributed by atoms with Crippen LogP contribution < -0.4 is 0 Å². The molecule has 1 saturated carbocycles. The lowest BCUT2D eigenvalue weighted by atomic mass is 9.88. The van der Waals surface area contributed by atoms with Crippen LogP contribution >= 0.6 is 23.2 Å².